The Kier molecular flexibility index (Phi) is 8.49. The van der Waals surface area contributed by atoms with Crippen LogP contribution in [0.25, 0.3) is 11.0 Å². The maximum absolute atomic E-state index is 12.2. The number of fused-ring (bicyclic) bond motifs is 1. The normalized spacial score (nSPS) is 11.0. The van der Waals surface area contributed by atoms with Crippen molar-refractivity contribution in [3.8, 4) is 0 Å². The predicted octanol–water partition coefficient (Wildman–Crippen LogP) is 3.31. The topological polar surface area (TPSA) is 76.5 Å². The second-order valence-corrected chi connectivity index (χ2v) is 5.48. The average molecular weight is 369 g/mol. The number of thioether (sulfide) groups is 1. The van der Waals surface area contributed by atoms with E-state index in [0.717, 1.165) is 12.1 Å². The Hall–Kier alpha value is -1.86. The Morgan fingerprint density at radius 2 is 1.88 bits per heavy atom. The number of para-hydroxylation sites is 2. The third-order valence-electron chi connectivity index (χ3n) is 2.83. The van der Waals surface area contributed by atoms with Crippen LogP contribution < -0.4 is 5.32 Å². The smallest absolute Gasteiger partial charge is 0.359 e. The van der Waals surface area contributed by atoms with Gasteiger partial charge in [0.25, 0.3) is 0 Å². The number of benzene rings is 1. The molecule has 1 aromatic carbocycles. The molecule has 0 saturated heterocycles. The van der Waals surface area contributed by atoms with E-state index in [-0.39, 0.29) is 18.1 Å². The molecule has 8 heteroatoms. The first-order valence-electron chi connectivity index (χ1n) is 7.59. The Balaban J connectivity index is 0.00000288. The van der Waals surface area contributed by atoms with Crippen LogP contribution in [0.2, 0.25) is 0 Å². The molecule has 0 amide bonds. The summed E-state index contributed by atoms with van der Waals surface area (Å²) in [6, 6.07) is 7.44. The lowest BCUT2D eigenvalue weighted by Crippen LogP contribution is -2.21. The molecule has 130 valence electrons. The van der Waals surface area contributed by atoms with Gasteiger partial charge in [0.2, 0.25) is 0 Å². The molecule has 0 bridgehead atoms. The van der Waals surface area contributed by atoms with E-state index < -0.39 is 5.97 Å². The van der Waals surface area contributed by atoms with Crippen LogP contribution in [0.15, 0.2) is 34.3 Å². The van der Waals surface area contributed by atoms with Crippen molar-refractivity contribution in [3.05, 3.63) is 30.0 Å². The van der Waals surface area contributed by atoms with Gasteiger partial charge in [-0.05, 0) is 44.7 Å². The zero-order valence-corrected chi connectivity index (χ0v) is 15.5. The van der Waals surface area contributed by atoms with Crippen LogP contribution in [0.1, 0.15) is 31.3 Å². The molecular weight excluding hydrogens is 348 g/mol. The molecule has 0 atom stereocenters. The summed E-state index contributed by atoms with van der Waals surface area (Å²) in [5, 5.41) is 4.38. The summed E-state index contributed by atoms with van der Waals surface area (Å²) in [4.78, 5) is 25.6. The van der Waals surface area contributed by atoms with Crippen molar-refractivity contribution in [2.24, 2.45) is 4.99 Å². The number of esters is 1. The van der Waals surface area contributed by atoms with Crippen molar-refractivity contribution >= 4 is 46.3 Å². The summed E-state index contributed by atoms with van der Waals surface area (Å²) in [7, 11) is 0. The van der Waals surface area contributed by atoms with Crippen LogP contribution in [0, 0.1) is 0 Å². The van der Waals surface area contributed by atoms with Gasteiger partial charge in [0, 0.05) is 13.1 Å². The van der Waals surface area contributed by atoms with E-state index in [0.29, 0.717) is 28.9 Å². The first kappa shape index (κ1) is 20.2. The van der Waals surface area contributed by atoms with Crippen molar-refractivity contribution in [1.82, 2.24) is 15.3 Å². The van der Waals surface area contributed by atoms with Gasteiger partial charge < -0.3 is 10.1 Å². The Morgan fingerprint density at radius 1 is 1.21 bits per heavy atom. The van der Waals surface area contributed by atoms with E-state index in [1.807, 2.05) is 38.1 Å². The summed E-state index contributed by atoms with van der Waals surface area (Å²) < 4.78 is 5.10. The van der Waals surface area contributed by atoms with Crippen molar-refractivity contribution in [3.63, 3.8) is 0 Å². The van der Waals surface area contributed by atoms with Crippen LogP contribution in [-0.4, -0.2) is 40.8 Å². The van der Waals surface area contributed by atoms with Crippen molar-refractivity contribution in [2.45, 2.75) is 25.8 Å². The highest BCUT2D eigenvalue weighted by Gasteiger charge is 2.19. The number of carbonyl (C=O) groups excluding carboxylic acids is 1. The third-order valence-corrected chi connectivity index (χ3v) is 3.78. The van der Waals surface area contributed by atoms with Crippen LogP contribution >= 0.6 is 24.2 Å². The monoisotopic (exact) mass is 368 g/mol. The SMILES string of the molecule is CCN=C(NCC)Sc1nc2ccccc2nc1C(=O)OCC.Cl. The molecule has 2 rings (SSSR count). The van der Waals surface area contributed by atoms with Crippen LogP contribution in [-0.2, 0) is 4.74 Å². The van der Waals surface area contributed by atoms with Crippen LogP contribution in [0.5, 0.6) is 0 Å². The van der Waals surface area contributed by atoms with Crippen LogP contribution in [0.4, 0.5) is 0 Å². The van der Waals surface area contributed by atoms with E-state index in [4.69, 9.17) is 4.74 Å². The van der Waals surface area contributed by atoms with E-state index in [2.05, 4.69) is 20.3 Å². The molecule has 0 aliphatic heterocycles. The van der Waals surface area contributed by atoms with Crippen molar-refractivity contribution < 1.29 is 9.53 Å². The highest BCUT2D eigenvalue weighted by Crippen LogP contribution is 2.24. The first-order valence-corrected chi connectivity index (χ1v) is 8.41. The number of aromatic nitrogens is 2. The maximum Gasteiger partial charge on any atom is 0.359 e. The largest absolute Gasteiger partial charge is 0.461 e. The average Bonchev–Trinajstić information content (AvgIpc) is 2.55. The molecule has 0 aliphatic rings. The van der Waals surface area contributed by atoms with Crippen LogP contribution in [0.3, 0.4) is 0 Å². The minimum absolute atomic E-state index is 0. The minimum Gasteiger partial charge on any atom is -0.461 e. The highest BCUT2D eigenvalue weighted by atomic mass is 35.5. The number of carbonyl (C=O) groups is 1. The molecular formula is C16H21ClN4O2S. The van der Waals surface area contributed by atoms with Crippen molar-refractivity contribution in [2.75, 3.05) is 19.7 Å². The van der Waals surface area contributed by atoms with Gasteiger partial charge in [-0.3, -0.25) is 4.99 Å². The molecule has 6 nitrogen and oxygen atoms in total. The second-order valence-electron chi connectivity index (χ2n) is 4.50. The van der Waals surface area contributed by atoms with E-state index in [9.17, 15) is 4.79 Å². The van der Waals surface area contributed by atoms with Gasteiger partial charge in [0.15, 0.2) is 10.9 Å². The van der Waals surface area contributed by atoms with Gasteiger partial charge in [-0.15, -0.1) is 12.4 Å². The van der Waals surface area contributed by atoms with Crippen molar-refractivity contribution in [1.29, 1.82) is 0 Å². The fraction of sp³-hybridized carbons (Fsp3) is 0.375. The molecule has 0 aliphatic carbocycles. The standard InChI is InChI=1S/C16H20N4O2S.ClH/c1-4-17-16(18-5-2)23-14-13(15(21)22-6-3)19-11-9-7-8-10-12(11)20-14;/h7-10H,4-6H2,1-3H3,(H,17,18);1H. The number of amidine groups is 1. The number of rotatable bonds is 5. The predicted molar refractivity (Wildman–Crippen MR) is 100 cm³/mol. The number of nitrogens with zero attached hydrogens (tertiary/aromatic N) is 3. The second kappa shape index (κ2) is 10.1. The van der Waals surface area contributed by atoms with E-state index in [1.165, 1.54) is 11.8 Å². The number of aliphatic imine (C=N–C) groups is 1. The molecule has 1 aromatic heterocycles. The summed E-state index contributed by atoms with van der Waals surface area (Å²) in [5.74, 6) is -0.472. The number of hydrogen-bond donors (Lipinski definition) is 1. The molecule has 0 unspecified atom stereocenters. The summed E-state index contributed by atoms with van der Waals surface area (Å²) in [6.45, 7) is 7.38. The molecule has 24 heavy (non-hydrogen) atoms. The molecule has 0 fully saturated rings. The lowest BCUT2D eigenvalue weighted by molar-refractivity contribution is 0.0514. The number of nitrogens with one attached hydrogen (secondary N) is 1. The molecule has 0 spiro atoms. The number of hydrogen-bond acceptors (Lipinski definition) is 6. The lowest BCUT2D eigenvalue weighted by Gasteiger charge is -2.10. The fourth-order valence-corrected chi connectivity index (χ4v) is 2.86. The highest BCUT2D eigenvalue weighted by molar-refractivity contribution is 8.13. The molecule has 2 aromatic rings. The Morgan fingerprint density at radius 3 is 2.46 bits per heavy atom. The quantitative estimate of drug-likeness (QED) is 0.377. The zero-order valence-electron chi connectivity index (χ0n) is 13.9. The molecule has 1 heterocycles. The number of halogens is 1. The van der Waals surface area contributed by atoms with Gasteiger partial charge in [-0.1, -0.05) is 12.1 Å². The maximum atomic E-state index is 12.2. The third kappa shape index (κ3) is 5.07. The molecule has 1 N–H and O–H groups in total. The Labute approximate surface area is 151 Å². The summed E-state index contributed by atoms with van der Waals surface area (Å²) in [6.07, 6.45) is 0. The summed E-state index contributed by atoms with van der Waals surface area (Å²) >= 11 is 1.30. The summed E-state index contributed by atoms with van der Waals surface area (Å²) in [5.41, 5.74) is 1.62. The number of ether oxygens (including phenoxy) is 1. The van der Waals surface area contributed by atoms with Gasteiger partial charge in [0.05, 0.1) is 17.6 Å². The first-order chi connectivity index (χ1) is 11.2. The van der Waals surface area contributed by atoms with Gasteiger partial charge >= 0.3 is 5.97 Å². The zero-order chi connectivity index (χ0) is 16.7. The van der Waals surface area contributed by atoms with Gasteiger partial charge in [-0.25, -0.2) is 14.8 Å². The molecule has 0 radical (unpaired) electrons. The lowest BCUT2D eigenvalue weighted by atomic mass is 10.3. The van der Waals surface area contributed by atoms with Gasteiger partial charge in [0.1, 0.15) is 5.03 Å². The van der Waals surface area contributed by atoms with E-state index >= 15 is 0 Å². The van der Waals surface area contributed by atoms with Gasteiger partial charge in [-0.2, -0.15) is 0 Å². The fourth-order valence-electron chi connectivity index (χ4n) is 1.90. The van der Waals surface area contributed by atoms with E-state index in [1.54, 1.807) is 6.92 Å². The molecule has 0 saturated carbocycles. The minimum atomic E-state index is -0.472. The Bertz CT molecular complexity index is 724.